The van der Waals surface area contributed by atoms with Crippen molar-refractivity contribution in [2.24, 2.45) is 24.8 Å². The van der Waals surface area contributed by atoms with Gasteiger partial charge in [0.15, 0.2) is 16.7 Å². The number of furan rings is 1. The van der Waals surface area contributed by atoms with Crippen molar-refractivity contribution in [1.29, 1.82) is 0 Å². The third-order valence-corrected chi connectivity index (χ3v) is 9.93. The van der Waals surface area contributed by atoms with Crippen molar-refractivity contribution >= 4 is 28.4 Å². The molecule has 7 heteroatoms. The molecule has 198 valence electrons. The number of hydrogen-bond acceptors (Lipinski definition) is 5. The number of fused-ring (bicyclic) bond motifs is 3. The second-order valence-electron chi connectivity index (χ2n) is 11.1. The lowest BCUT2D eigenvalue weighted by atomic mass is 9.84. The molecule has 5 aromatic rings. The molecule has 0 amide bonds. The van der Waals surface area contributed by atoms with Gasteiger partial charge in [0.25, 0.3) is 0 Å². The Morgan fingerprint density at radius 1 is 1.03 bits per heavy atom. The van der Waals surface area contributed by atoms with Gasteiger partial charge in [-0.1, -0.05) is 66.7 Å². The first-order valence-electron chi connectivity index (χ1n) is 13.9. The van der Waals surface area contributed by atoms with Crippen LogP contribution in [0.4, 0.5) is 0 Å². The molecule has 3 heterocycles. The van der Waals surface area contributed by atoms with Gasteiger partial charge in [0.2, 0.25) is 5.82 Å². The molecule has 0 aliphatic heterocycles. The van der Waals surface area contributed by atoms with Gasteiger partial charge in [0.1, 0.15) is 0 Å². The number of rotatable bonds is 8. The lowest BCUT2D eigenvalue weighted by Gasteiger charge is -2.30. The monoisotopic (exact) mass is 536 g/mol. The number of carbonyl (C=O) groups excluding carboxylic acids is 1. The molecule has 39 heavy (non-hydrogen) atoms. The zero-order chi connectivity index (χ0) is 26.5. The van der Waals surface area contributed by atoms with E-state index in [4.69, 9.17) is 4.42 Å². The third-order valence-electron chi connectivity index (χ3n) is 8.99. The first kappa shape index (κ1) is 24.5. The fraction of sp³-hybridized carbons (Fsp3) is 0.344. The highest BCUT2D eigenvalue weighted by molar-refractivity contribution is 7.99. The van der Waals surface area contributed by atoms with Crippen LogP contribution in [0.5, 0.6) is 0 Å². The van der Waals surface area contributed by atoms with E-state index in [2.05, 4.69) is 44.5 Å². The van der Waals surface area contributed by atoms with Gasteiger partial charge in [0.05, 0.1) is 23.3 Å². The van der Waals surface area contributed by atoms with E-state index in [1.54, 1.807) is 6.26 Å². The molecule has 2 aromatic carbocycles. The molecule has 0 saturated heterocycles. The second-order valence-corrected chi connectivity index (χ2v) is 12.1. The molecule has 2 aliphatic rings. The Morgan fingerprint density at radius 2 is 1.85 bits per heavy atom. The van der Waals surface area contributed by atoms with Gasteiger partial charge >= 0.3 is 0 Å². The Hall–Kier alpha value is -3.58. The minimum atomic E-state index is 0.0947. The smallest absolute Gasteiger partial charge is 0.200 e. The average molecular weight is 537 g/mol. The number of carbonyl (C=O) groups is 1. The Balaban J connectivity index is 1.24. The lowest BCUT2D eigenvalue weighted by molar-refractivity contribution is 0.102. The van der Waals surface area contributed by atoms with E-state index >= 15 is 0 Å². The van der Waals surface area contributed by atoms with Gasteiger partial charge < -0.3 is 8.98 Å². The SMILES string of the molecule is CC(C1CC2CCC1C2)n1c(SCC(=O)c2c(-c3ccccc3)n(C)c3ccccc23)nnc1-c1ccco1. The van der Waals surface area contributed by atoms with E-state index in [9.17, 15) is 4.79 Å². The summed E-state index contributed by atoms with van der Waals surface area (Å²) < 4.78 is 10.1. The molecule has 2 bridgehead atoms. The molecule has 0 radical (unpaired) electrons. The van der Waals surface area contributed by atoms with Gasteiger partial charge in [-0.15, -0.1) is 10.2 Å². The second kappa shape index (κ2) is 9.87. The van der Waals surface area contributed by atoms with Crippen LogP contribution in [-0.2, 0) is 7.05 Å². The van der Waals surface area contributed by atoms with Gasteiger partial charge in [-0.2, -0.15) is 0 Å². The van der Waals surface area contributed by atoms with Crippen LogP contribution in [-0.4, -0.2) is 30.9 Å². The Labute approximate surface area is 232 Å². The van der Waals surface area contributed by atoms with E-state index in [1.807, 2.05) is 55.6 Å². The number of Topliss-reactive ketones (excluding diaryl/α,β-unsaturated/α-hetero) is 1. The van der Waals surface area contributed by atoms with Crippen LogP contribution in [0.25, 0.3) is 33.7 Å². The van der Waals surface area contributed by atoms with Crippen LogP contribution in [0, 0.1) is 17.8 Å². The van der Waals surface area contributed by atoms with Crippen LogP contribution < -0.4 is 0 Å². The normalized spacial score (nSPS) is 21.1. The van der Waals surface area contributed by atoms with Crippen molar-refractivity contribution in [1.82, 2.24) is 19.3 Å². The molecule has 0 spiro atoms. The van der Waals surface area contributed by atoms with Crippen molar-refractivity contribution in [3.63, 3.8) is 0 Å². The summed E-state index contributed by atoms with van der Waals surface area (Å²) in [4.78, 5) is 14.0. The maximum absolute atomic E-state index is 14.0. The molecule has 4 unspecified atom stereocenters. The summed E-state index contributed by atoms with van der Waals surface area (Å²) in [6.07, 6.45) is 6.98. The molecule has 2 saturated carbocycles. The quantitative estimate of drug-likeness (QED) is 0.150. The van der Waals surface area contributed by atoms with E-state index in [0.717, 1.165) is 56.3 Å². The van der Waals surface area contributed by atoms with Crippen molar-refractivity contribution in [2.75, 3.05) is 5.75 Å². The lowest BCUT2D eigenvalue weighted by Crippen LogP contribution is -2.23. The largest absolute Gasteiger partial charge is 0.461 e. The number of para-hydroxylation sites is 1. The van der Waals surface area contributed by atoms with Gasteiger partial charge in [-0.25, -0.2) is 0 Å². The van der Waals surface area contributed by atoms with E-state index in [0.29, 0.717) is 5.92 Å². The van der Waals surface area contributed by atoms with Crippen LogP contribution >= 0.6 is 11.8 Å². The van der Waals surface area contributed by atoms with E-state index in [-0.39, 0.29) is 17.6 Å². The molecule has 3 aromatic heterocycles. The highest BCUT2D eigenvalue weighted by atomic mass is 32.2. The minimum Gasteiger partial charge on any atom is -0.461 e. The number of nitrogens with zero attached hydrogens (tertiary/aromatic N) is 4. The summed E-state index contributed by atoms with van der Waals surface area (Å²) in [5, 5.41) is 10.9. The topological polar surface area (TPSA) is 65.8 Å². The number of hydrogen-bond donors (Lipinski definition) is 0. The fourth-order valence-electron chi connectivity index (χ4n) is 7.20. The summed E-state index contributed by atoms with van der Waals surface area (Å²) in [7, 11) is 2.04. The molecular formula is C32H32N4O2S. The van der Waals surface area contributed by atoms with E-state index < -0.39 is 0 Å². The van der Waals surface area contributed by atoms with Crippen LogP contribution in [0.3, 0.4) is 0 Å². The zero-order valence-electron chi connectivity index (χ0n) is 22.3. The first-order chi connectivity index (χ1) is 19.1. The number of aromatic nitrogens is 4. The van der Waals surface area contributed by atoms with Gasteiger partial charge in [-0.05, 0) is 67.7 Å². The fourth-order valence-corrected chi connectivity index (χ4v) is 8.10. The third kappa shape index (κ3) is 4.15. The highest BCUT2D eigenvalue weighted by Crippen LogP contribution is 2.53. The summed E-state index contributed by atoms with van der Waals surface area (Å²) in [6.45, 7) is 2.30. The molecule has 0 N–H and O–H groups in total. The maximum atomic E-state index is 14.0. The van der Waals surface area contributed by atoms with Crippen LogP contribution in [0.15, 0.2) is 82.6 Å². The van der Waals surface area contributed by atoms with Crippen molar-refractivity contribution in [2.45, 2.75) is 43.8 Å². The van der Waals surface area contributed by atoms with Crippen molar-refractivity contribution in [3.8, 4) is 22.8 Å². The van der Waals surface area contributed by atoms with E-state index in [1.165, 1.54) is 37.4 Å². The predicted octanol–water partition coefficient (Wildman–Crippen LogP) is 7.67. The molecule has 7 rings (SSSR count). The standard InChI is InChI=1S/C32H32N4O2S/c1-20(25-18-21-14-15-23(25)17-21)36-31(28-13-8-16-38-28)33-34-32(36)39-19-27(37)29-24-11-6-7-12-26(24)35(2)30(29)22-9-4-3-5-10-22/h3-13,16,20-21,23,25H,14-15,17-19H2,1-2H3. The van der Waals surface area contributed by atoms with Crippen LogP contribution in [0.1, 0.15) is 49.0 Å². The molecule has 6 nitrogen and oxygen atoms in total. The van der Waals surface area contributed by atoms with Crippen LogP contribution in [0.2, 0.25) is 0 Å². The summed E-state index contributed by atoms with van der Waals surface area (Å²) >= 11 is 1.49. The number of thioether (sulfide) groups is 1. The van der Waals surface area contributed by atoms with Crippen molar-refractivity contribution in [3.05, 3.63) is 78.6 Å². The number of ketones is 1. The minimum absolute atomic E-state index is 0.0947. The zero-order valence-corrected chi connectivity index (χ0v) is 23.1. The Morgan fingerprint density at radius 3 is 2.59 bits per heavy atom. The summed E-state index contributed by atoms with van der Waals surface area (Å²) in [6, 6.07) is 22.4. The van der Waals surface area contributed by atoms with Gasteiger partial charge in [0, 0.05) is 24.0 Å². The predicted molar refractivity (Wildman–Crippen MR) is 155 cm³/mol. The summed E-state index contributed by atoms with van der Waals surface area (Å²) in [5.74, 6) is 4.07. The molecule has 2 fully saturated rings. The number of aryl methyl sites for hydroxylation is 1. The Kier molecular flexibility index (Phi) is 6.19. The molecule has 2 aliphatic carbocycles. The highest BCUT2D eigenvalue weighted by Gasteiger charge is 2.43. The summed E-state index contributed by atoms with van der Waals surface area (Å²) in [5.41, 5.74) is 3.82. The molecular weight excluding hydrogens is 504 g/mol. The maximum Gasteiger partial charge on any atom is 0.200 e. The van der Waals surface area contributed by atoms with Crippen molar-refractivity contribution < 1.29 is 9.21 Å². The first-order valence-corrected chi connectivity index (χ1v) is 14.9. The Bertz CT molecular complexity index is 1640. The average Bonchev–Trinajstić information content (AvgIpc) is 3.80. The van der Waals surface area contributed by atoms with Gasteiger partial charge in [-0.3, -0.25) is 9.36 Å². The molecule has 4 atom stereocenters. The number of benzene rings is 2.